The molecule has 0 radical (unpaired) electrons. The number of quaternary nitrogens is 1. The maximum absolute atomic E-state index is 12.8. The second-order valence-electron chi connectivity index (χ2n) is 15.3. The second kappa shape index (κ2) is 36.6. The SMILES string of the molecule is CC/C=C\C/C=C\C/C=C\C/C=C\C/C=C\CCCCCCCCCC(=O)NC(COP(=O)(O)OCC[N+](C)(C)C)C(O)/C=C/CCCCCCCCC. The fourth-order valence-electron chi connectivity index (χ4n) is 5.54. The minimum absolute atomic E-state index is 0.0551. The zero-order valence-electron chi connectivity index (χ0n) is 35.2. The predicted octanol–water partition coefficient (Wildman–Crippen LogP) is 11.6. The van der Waals surface area contributed by atoms with Gasteiger partial charge in [-0.15, -0.1) is 0 Å². The molecular weight excluding hydrogens is 695 g/mol. The third kappa shape index (κ3) is 38.2. The van der Waals surface area contributed by atoms with Crippen molar-refractivity contribution in [1.82, 2.24) is 5.32 Å². The molecular formula is C45H82N2O6P+. The molecule has 8 nitrogen and oxygen atoms in total. The van der Waals surface area contributed by atoms with Crippen LogP contribution in [0, 0.1) is 0 Å². The first-order valence-electron chi connectivity index (χ1n) is 21.3. The molecule has 0 bridgehead atoms. The Morgan fingerprint density at radius 2 is 1.11 bits per heavy atom. The van der Waals surface area contributed by atoms with E-state index in [9.17, 15) is 19.4 Å². The monoisotopic (exact) mass is 778 g/mol. The molecule has 0 aliphatic rings. The zero-order valence-corrected chi connectivity index (χ0v) is 36.1. The topological polar surface area (TPSA) is 105 Å². The summed E-state index contributed by atoms with van der Waals surface area (Å²) in [6, 6.07) is -0.853. The van der Waals surface area contributed by atoms with Crippen molar-refractivity contribution in [3.8, 4) is 0 Å². The van der Waals surface area contributed by atoms with Crippen molar-refractivity contribution < 1.29 is 32.9 Å². The normalized spacial score (nSPS) is 15.2. The lowest BCUT2D eigenvalue weighted by Crippen LogP contribution is -2.45. The van der Waals surface area contributed by atoms with Crippen molar-refractivity contribution in [3.05, 3.63) is 72.9 Å². The molecule has 0 heterocycles. The summed E-state index contributed by atoms with van der Waals surface area (Å²) in [7, 11) is 1.55. The van der Waals surface area contributed by atoms with Crippen LogP contribution in [0.15, 0.2) is 72.9 Å². The van der Waals surface area contributed by atoms with Crippen LogP contribution in [0.2, 0.25) is 0 Å². The van der Waals surface area contributed by atoms with E-state index in [1.54, 1.807) is 6.08 Å². The number of unbranched alkanes of at least 4 members (excludes halogenated alkanes) is 14. The van der Waals surface area contributed by atoms with Gasteiger partial charge in [-0.25, -0.2) is 4.57 Å². The van der Waals surface area contributed by atoms with Crippen LogP contribution >= 0.6 is 7.82 Å². The number of allylic oxidation sites excluding steroid dienone is 11. The molecule has 0 spiro atoms. The number of carbonyl (C=O) groups excluding carboxylic acids is 1. The van der Waals surface area contributed by atoms with Gasteiger partial charge in [0.05, 0.1) is 39.9 Å². The van der Waals surface area contributed by atoms with Gasteiger partial charge in [-0.05, 0) is 64.2 Å². The Morgan fingerprint density at radius 3 is 1.63 bits per heavy atom. The highest BCUT2D eigenvalue weighted by Gasteiger charge is 2.27. The number of hydrogen-bond acceptors (Lipinski definition) is 5. The van der Waals surface area contributed by atoms with E-state index >= 15 is 0 Å². The van der Waals surface area contributed by atoms with Crippen LogP contribution in [0.1, 0.15) is 155 Å². The molecule has 3 unspecified atom stereocenters. The molecule has 0 saturated carbocycles. The molecule has 0 rings (SSSR count). The summed E-state index contributed by atoms with van der Waals surface area (Å²) in [5.74, 6) is -0.195. The van der Waals surface area contributed by atoms with E-state index in [1.165, 1.54) is 51.4 Å². The van der Waals surface area contributed by atoms with Crippen LogP contribution in [0.3, 0.4) is 0 Å². The second-order valence-corrected chi connectivity index (χ2v) is 16.8. The Morgan fingerprint density at radius 1 is 0.648 bits per heavy atom. The Balaban J connectivity index is 4.33. The van der Waals surface area contributed by atoms with Crippen molar-refractivity contribution in [2.45, 2.75) is 167 Å². The van der Waals surface area contributed by atoms with E-state index in [0.717, 1.165) is 83.5 Å². The lowest BCUT2D eigenvalue weighted by Gasteiger charge is -2.25. The molecule has 0 aliphatic carbocycles. The van der Waals surface area contributed by atoms with Crippen LogP contribution in [-0.4, -0.2) is 73.4 Å². The van der Waals surface area contributed by atoms with Crippen molar-refractivity contribution in [1.29, 1.82) is 0 Å². The Labute approximate surface area is 332 Å². The van der Waals surface area contributed by atoms with Gasteiger partial charge in [-0.3, -0.25) is 13.8 Å². The number of carbonyl (C=O) groups is 1. The Bertz CT molecular complexity index is 1110. The van der Waals surface area contributed by atoms with Crippen LogP contribution in [0.25, 0.3) is 0 Å². The first kappa shape index (κ1) is 51.9. The number of nitrogens with zero attached hydrogens (tertiary/aromatic N) is 1. The van der Waals surface area contributed by atoms with Crippen molar-refractivity contribution in [2.75, 3.05) is 40.9 Å². The maximum Gasteiger partial charge on any atom is 0.472 e. The van der Waals surface area contributed by atoms with E-state index in [1.807, 2.05) is 27.2 Å². The van der Waals surface area contributed by atoms with Crippen molar-refractivity contribution in [2.24, 2.45) is 0 Å². The molecule has 0 aromatic heterocycles. The summed E-state index contributed by atoms with van der Waals surface area (Å²) >= 11 is 0. The number of nitrogens with one attached hydrogen (secondary N) is 1. The van der Waals surface area contributed by atoms with Gasteiger partial charge >= 0.3 is 7.82 Å². The smallest absolute Gasteiger partial charge is 0.387 e. The number of amides is 1. The van der Waals surface area contributed by atoms with Gasteiger partial charge in [0.1, 0.15) is 13.2 Å². The van der Waals surface area contributed by atoms with Gasteiger partial charge in [0.15, 0.2) is 0 Å². The van der Waals surface area contributed by atoms with Crippen LogP contribution in [0.4, 0.5) is 0 Å². The zero-order chi connectivity index (χ0) is 40.0. The van der Waals surface area contributed by atoms with Gasteiger partial charge in [-0.1, -0.05) is 157 Å². The first-order chi connectivity index (χ1) is 26.0. The molecule has 0 aliphatic heterocycles. The number of aliphatic hydroxyl groups excluding tert-OH is 1. The van der Waals surface area contributed by atoms with E-state index in [-0.39, 0.29) is 19.1 Å². The van der Waals surface area contributed by atoms with E-state index in [2.05, 4.69) is 79.9 Å². The van der Waals surface area contributed by atoms with E-state index in [4.69, 9.17) is 9.05 Å². The minimum atomic E-state index is -4.34. The summed E-state index contributed by atoms with van der Waals surface area (Å²) < 4.78 is 23.5. The summed E-state index contributed by atoms with van der Waals surface area (Å²) in [5, 5.41) is 13.7. The summed E-state index contributed by atoms with van der Waals surface area (Å²) in [6.07, 6.45) is 48.3. The number of phosphoric acid groups is 1. The summed E-state index contributed by atoms with van der Waals surface area (Å²) in [4.78, 5) is 23.0. The standard InChI is InChI=1S/C45H81N2O6P/c1-6-8-10-12-14-16-17-18-19-20-21-22-23-24-25-26-27-28-29-31-33-35-37-39-45(49)46-43(42-53-54(50,51)52-41-40-47(3,4)5)44(48)38-36-34-32-30-15-13-11-9-7-2/h8,10,14,16,18-19,21-22,24-25,36,38,43-44,48H,6-7,9,11-13,15,17,20,23,26-35,37,39-42H2,1-5H3,(H-,46,49,50,51)/p+1/b10-8-,16-14-,19-18-,22-21-,25-24-,38-36+. The highest BCUT2D eigenvalue weighted by molar-refractivity contribution is 7.47. The van der Waals surface area contributed by atoms with E-state index < -0.39 is 20.0 Å². The molecule has 0 aromatic carbocycles. The molecule has 1 amide bonds. The van der Waals surface area contributed by atoms with Crippen LogP contribution in [0.5, 0.6) is 0 Å². The first-order valence-corrected chi connectivity index (χ1v) is 22.8. The fraction of sp³-hybridized carbons (Fsp3) is 0.711. The quantitative estimate of drug-likeness (QED) is 0.0251. The molecule has 0 fully saturated rings. The molecule has 9 heteroatoms. The molecule has 0 saturated heterocycles. The highest BCUT2D eigenvalue weighted by Crippen LogP contribution is 2.43. The van der Waals surface area contributed by atoms with Crippen LogP contribution in [-0.2, 0) is 18.4 Å². The molecule has 3 N–H and O–H groups in total. The van der Waals surface area contributed by atoms with E-state index in [0.29, 0.717) is 17.4 Å². The summed E-state index contributed by atoms with van der Waals surface area (Å²) in [5.41, 5.74) is 0. The average Bonchev–Trinajstić information content (AvgIpc) is 3.12. The predicted molar refractivity (Wildman–Crippen MR) is 230 cm³/mol. The van der Waals surface area contributed by atoms with Crippen molar-refractivity contribution >= 4 is 13.7 Å². The third-order valence-electron chi connectivity index (χ3n) is 8.93. The third-order valence-corrected chi connectivity index (χ3v) is 9.92. The maximum atomic E-state index is 12.8. The van der Waals surface area contributed by atoms with Gasteiger partial charge < -0.3 is 19.8 Å². The highest BCUT2D eigenvalue weighted by atomic mass is 31.2. The Kier molecular flexibility index (Phi) is 35.2. The number of hydrogen-bond donors (Lipinski definition) is 3. The molecule has 312 valence electrons. The Hall–Kier alpha value is -2.06. The molecule has 0 aromatic rings. The lowest BCUT2D eigenvalue weighted by atomic mass is 10.1. The van der Waals surface area contributed by atoms with Gasteiger partial charge in [0, 0.05) is 6.42 Å². The fourth-order valence-corrected chi connectivity index (χ4v) is 6.27. The number of likely N-dealkylation sites (N-methyl/N-ethyl adjacent to an activating group) is 1. The number of aliphatic hydroxyl groups is 1. The largest absolute Gasteiger partial charge is 0.472 e. The number of phosphoric ester groups is 1. The van der Waals surface area contributed by atoms with Gasteiger partial charge in [-0.2, -0.15) is 0 Å². The summed E-state index contributed by atoms with van der Waals surface area (Å²) in [6.45, 7) is 4.63. The molecule has 3 atom stereocenters. The minimum Gasteiger partial charge on any atom is -0.387 e. The van der Waals surface area contributed by atoms with Gasteiger partial charge in [0.2, 0.25) is 5.91 Å². The number of rotatable bonds is 37. The van der Waals surface area contributed by atoms with Crippen LogP contribution < -0.4 is 5.32 Å². The van der Waals surface area contributed by atoms with Gasteiger partial charge in [0.25, 0.3) is 0 Å². The molecule has 54 heavy (non-hydrogen) atoms. The van der Waals surface area contributed by atoms with Crippen molar-refractivity contribution in [3.63, 3.8) is 0 Å². The lowest BCUT2D eigenvalue weighted by molar-refractivity contribution is -0.870. The average molecular weight is 778 g/mol.